The van der Waals surface area contributed by atoms with Crippen LogP contribution in [0.2, 0.25) is 5.02 Å². The summed E-state index contributed by atoms with van der Waals surface area (Å²) in [5, 5.41) is 6.80. The van der Waals surface area contributed by atoms with Crippen LogP contribution >= 0.6 is 11.6 Å². The lowest BCUT2D eigenvalue weighted by molar-refractivity contribution is -0.137. The SMILES string of the molecule is CCCCO[C@@H]1C[C@@H](C(=O)NCc2ccc(Cl)cc2)N(C(=O)CN=[N+]=[N-])C1. The second-order valence-electron chi connectivity index (χ2n) is 6.38. The summed E-state index contributed by atoms with van der Waals surface area (Å²) >= 11 is 5.86. The molecule has 0 unspecified atom stereocenters. The lowest BCUT2D eigenvalue weighted by Crippen LogP contribution is -2.46. The van der Waals surface area contributed by atoms with Crippen LogP contribution in [0.3, 0.4) is 0 Å². The van der Waals surface area contributed by atoms with Gasteiger partial charge < -0.3 is 15.0 Å². The Kier molecular flexibility index (Phi) is 8.39. The molecule has 1 aliphatic rings. The predicted molar refractivity (Wildman–Crippen MR) is 102 cm³/mol. The Morgan fingerprint density at radius 1 is 1.41 bits per heavy atom. The van der Waals surface area contributed by atoms with Crippen molar-refractivity contribution >= 4 is 23.4 Å². The van der Waals surface area contributed by atoms with Crippen LogP contribution in [-0.4, -0.2) is 48.6 Å². The van der Waals surface area contributed by atoms with Crippen molar-refractivity contribution < 1.29 is 14.3 Å². The van der Waals surface area contributed by atoms with Crippen molar-refractivity contribution in [2.24, 2.45) is 5.11 Å². The molecule has 0 spiro atoms. The lowest BCUT2D eigenvalue weighted by Gasteiger charge is -2.23. The zero-order valence-electron chi connectivity index (χ0n) is 15.3. The highest BCUT2D eigenvalue weighted by atomic mass is 35.5. The number of nitrogens with one attached hydrogen (secondary N) is 1. The average molecular weight is 394 g/mol. The number of ether oxygens (including phenoxy) is 1. The van der Waals surface area contributed by atoms with E-state index in [2.05, 4.69) is 22.3 Å². The number of nitrogens with zero attached hydrogens (tertiary/aromatic N) is 4. The summed E-state index contributed by atoms with van der Waals surface area (Å²) in [6.45, 7) is 3.02. The Morgan fingerprint density at radius 2 is 2.15 bits per heavy atom. The Morgan fingerprint density at radius 3 is 2.81 bits per heavy atom. The number of carbonyl (C=O) groups is 2. The summed E-state index contributed by atoms with van der Waals surface area (Å²) in [6.07, 6.45) is 2.17. The van der Waals surface area contributed by atoms with Gasteiger partial charge in [0.25, 0.3) is 0 Å². The third-order valence-corrected chi connectivity index (χ3v) is 4.64. The van der Waals surface area contributed by atoms with Gasteiger partial charge >= 0.3 is 0 Å². The number of halogens is 1. The first kappa shape index (κ1) is 21.0. The molecular weight excluding hydrogens is 370 g/mol. The first-order valence-corrected chi connectivity index (χ1v) is 9.37. The number of azide groups is 1. The van der Waals surface area contributed by atoms with Gasteiger partial charge in [-0.15, -0.1) is 0 Å². The van der Waals surface area contributed by atoms with E-state index in [1.54, 1.807) is 12.1 Å². The van der Waals surface area contributed by atoms with E-state index in [0.717, 1.165) is 18.4 Å². The van der Waals surface area contributed by atoms with Gasteiger partial charge in [-0.1, -0.05) is 42.2 Å². The van der Waals surface area contributed by atoms with Crippen molar-refractivity contribution in [2.75, 3.05) is 19.7 Å². The molecule has 1 aromatic carbocycles. The van der Waals surface area contributed by atoms with Crippen molar-refractivity contribution in [2.45, 2.75) is 44.9 Å². The quantitative estimate of drug-likeness (QED) is 0.301. The highest BCUT2D eigenvalue weighted by Gasteiger charge is 2.39. The van der Waals surface area contributed by atoms with E-state index in [9.17, 15) is 9.59 Å². The fraction of sp³-hybridized carbons (Fsp3) is 0.556. The van der Waals surface area contributed by atoms with Gasteiger partial charge in [0.1, 0.15) is 12.6 Å². The molecule has 1 N–H and O–H groups in total. The van der Waals surface area contributed by atoms with Crippen LogP contribution in [0.1, 0.15) is 31.7 Å². The molecule has 1 aliphatic heterocycles. The molecule has 0 aromatic heterocycles. The van der Waals surface area contributed by atoms with Crippen molar-refractivity contribution in [1.82, 2.24) is 10.2 Å². The molecule has 27 heavy (non-hydrogen) atoms. The summed E-state index contributed by atoms with van der Waals surface area (Å²) in [5.41, 5.74) is 9.34. The molecule has 1 saturated heterocycles. The van der Waals surface area contributed by atoms with E-state index in [1.807, 2.05) is 12.1 Å². The Balaban J connectivity index is 1.99. The molecule has 1 heterocycles. The number of likely N-dealkylation sites (tertiary alicyclic amines) is 1. The van der Waals surface area contributed by atoms with Crippen LogP contribution in [0, 0.1) is 0 Å². The van der Waals surface area contributed by atoms with Crippen molar-refractivity contribution in [1.29, 1.82) is 0 Å². The number of hydrogen-bond acceptors (Lipinski definition) is 4. The number of amides is 2. The third-order valence-electron chi connectivity index (χ3n) is 4.39. The molecular formula is C18H24ClN5O3. The molecule has 1 aromatic rings. The Hall–Kier alpha value is -2.28. The van der Waals surface area contributed by atoms with Gasteiger partial charge in [0.2, 0.25) is 11.8 Å². The topological polar surface area (TPSA) is 107 Å². The minimum absolute atomic E-state index is 0.196. The molecule has 9 heteroatoms. The Labute approximate surface area is 163 Å². The van der Waals surface area contributed by atoms with Gasteiger partial charge in [0, 0.05) is 36.1 Å². The monoisotopic (exact) mass is 393 g/mol. The van der Waals surface area contributed by atoms with Crippen LogP contribution in [0.5, 0.6) is 0 Å². The fourth-order valence-corrected chi connectivity index (χ4v) is 3.05. The first-order chi connectivity index (χ1) is 13.0. The first-order valence-electron chi connectivity index (χ1n) is 8.99. The van der Waals surface area contributed by atoms with Gasteiger partial charge in [-0.2, -0.15) is 0 Å². The van der Waals surface area contributed by atoms with Gasteiger partial charge in [-0.3, -0.25) is 9.59 Å². The second kappa shape index (κ2) is 10.8. The van der Waals surface area contributed by atoms with Crippen LogP contribution in [-0.2, 0) is 20.9 Å². The molecule has 0 saturated carbocycles. The standard InChI is InChI=1S/C18H24ClN5O3/c1-2-3-8-27-15-9-16(24(12-15)17(25)11-22-23-20)18(26)21-10-13-4-6-14(19)7-5-13/h4-7,15-16H,2-3,8-12H2,1H3,(H,21,26)/t15-,16+/m1/s1. The van der Waals surface area contributed by atoms with E-state index in [-0.39, 0.29) is 24.5 Å². The number of benzene rings is 1. The molecule has 2 atom stereocenters. The van der Waals surface area contributed by atoms with Gasteiger partial charge in [-0.05, 0) is 29.6 Å². The molecule has 8 nitrogen and oxygen atoms in total. The van der Waals surface area contributed by atoms with E-state index in [4.69, 9.17) is 21.9 Å². The van der Waals surface area contributed by atoms with E-state index >= 15 is 0 Å². The summed E-state index contributed by atoms with van der Waals surface area (Å²) in [6, 6.07) is 6.54. The zero-order valence-corrected chi connectivity index (χ0v) is 16.1. The highest BCUT2D eigenvalue weighted by molar-refractivity contribution is 6.30. The molecule has 0 aliphatic carbocycles. The predicted octanol–water partition coefficient (Wildman–Crippen LogP) is 3.05. The lowest BCUT2D eigenvalue weighted by atomic mass is 10.1. The minimum atomic E-state index is -0.634. The minimum Gasteiger partial charge on any atom is -0.376 e. The molecule has 2 amide bonds. The van der Waals surface area contributed by atoms with E-state index in [0.29, 0.717) is 31.1 Å². The number of unbranched alkanes of at least 4 members (excludes halogenated alkanes) is 1. The molecule has 1 fully saturated rings. The number of carbonyl (C=O) groups excluding carboxylic acids is 2. The molecule has 2 rings (SSSR count). The van der Waals surface area contributed by atoms with Crippen LogP contribution in [0.25, 0.3) is 10.4 Å². The summed E-state index contributed by atoms with van der Waals surface area (Å²) in [7, 11) is 0. The van der Waals surface area contributed by atoms with E-state index in [1.165, 1.54) is 4.90 Å². The highest BCUT2D eigenvalue weighted by Crippen LogP contribution is 2.22. The zero-order chi connectivity index (χ0) is 19.6. The third kappa shape index (κ3) is 6.43. The van der Waals surface area contributed by atoms with Gasteiger partial charge in [0.05, 0.1) is 6.10 Å². The largest absolute Gasteiger partial charge is 0.376 e. The molecule has 0 radical (unpaired) electrons. The van der Waals surface area contributed by atoms with Crippen LogP contribution in [0.4, 0.5) is 0 Å². The molecule has 146 valence electrons. The van der Waals surface area contributed by atoms with Crippen LogP contribution in [0.15, 0.2) is 29.4 Å². The Bertz CT molecular complexity index is 691. The normalized spacial score (nSPS) is 18.8. The maximum Gasteiger partial charge on any atom is 0.243 e. The van der Waals surface area contributed by atoms with Gasteiger partial charge in [0.15, 0.2) is 0 Å². The summed E-state index contributed by atoms with van der Waals surface area (Å²) in [4.78, 5) is 29.0. The second-order valence-corrected chi connectivity index (χ2v) is 6.81. The van der Waals surface area contributed by atoms with Gasteiger partial charge in [-0.25, -0.2) is 0 Å². The summed E-state index contributed by atoms with van der Waals surface area (Å²) in [5.74, 6) is -0.623. The number of hydrogen-bond donors (Lipinski definition) is 1. The summed E-state index contributed by atoms with van der Waals surface area (Å²) < 4.78 is 5.79. The smallest absolute Gasteiger partial charge is 0.243 e. The fourth-order valence-electron chi connectivity index (χ4n) is 2.93. The van der Waals surface area contributed by atoms with Crippen molar-refractivity contribution in [3.8, 4) is 0 Å². The van der Waals surface area contributed by atoms with E-state index < -0.39 is 6.04 Å². The van der Waals surface area contributed by atoms with Crippen molar-refractivity contribution in [3.63, 3.8) is 0 Å². The maximum absolute atomic E-state index is 12.7. The maximum atomic E-state index is 12.7. The van der Waals surface area contributed by atoms with Crippen LogP contribution < -0.4 is 5.32 Å². The van der Waals surface area contributed by atoms with Crippen molar-refractivity contribution in [3.05, 3.63) is 45.3 Å². The average Bonchev–Trinajstić information content (AvgIpc) is 3.10. The molecule has 0 bridgehead atoms. The number of rotatable bonds is 9.